The summed E-state index contributed by atoms with van der Waals surface area (Å²) in [7, 11) is -2.76. The third-order valence-electron chi connectivity index (χ3n) is 5.45. The van der Waals surface area contributed by atoms with Crippen molar-refractivity contribution >= 4 is 28.0 Å². The van der Waals surface area contributed by atoms with Gasteiger partial charge in [-0.3, -0.25) is 9.59 Å². The molecule has 2 rings (SSSR count). The molecule has 2 amide bonds. The average Bonchev–Trinajstić information content (AvgIpc) is 2.90. The fourth-order valence-electron chi connectivity index (χ4n) is 3.58. The molecule has 0 aromatic heterocycles. The van der Waals surface area contributed by atoms with E-state index in [1.165, 1.54) is 7.11 Å². The zero-order chi connectivity index (χ0) is 28.8. The minimum Gasteiger partial charge on any atom is -0.494 e. The Morgan fingerprint density at radius 1 is 1.00 bits per heavy atom. The van der Waals surface area contributed by atoms with Gasteiger partial charge in [-0.15, -0.1) is 0 Å². The highest BCUT2D eigenvalue weighted by Crippen LogP contribution is 2.26. The Balaban J connectivity index is 1.69. The van der Waals surface area contributed by atoms with E-state index in [-0.39, 0.29) is 50.1 Å². The number of aryl methyl sites for hydroxylation is 2. The monoisotopic (exact) mass is 564 g/mol. The van der Waals surface area contributed by atoms with Crippen LogP contribution in [0.2, 0.25) is 0 Å². The van der Waals surface area contributed by atoms with Gasteiger partial charge in [0, 0.05) is 26.1 Å². The smallest absolute Gasteiger partial charge is 0.407 e. The number of rotatable bonds is 15. The Morgan fingerprint density at radius 2 is 1.64 bits per heavy atom. The number of sulfonamides is 1. The molecule has 0 aliphatic carbocycles. The summed E-state index contributed by atoms with van der Waals surface area (Å²) in [6.07, 6.45) is 0.0861. The number of ether oxygens (including phenoxy) is 3. The number of carbonyl (C=O) groups is 3. The zero-order valence-electron chi connectivity index (χ0n) is 22.3. The first-order chi connectivity index (χ1) is 18.5. The molecule has 5 N–H and O–H groups in total. The fourth-order valence-corrected chi connectivity index (χ4v) is 5.08. The number of hydrogen-bond donors (Lipinski definition) is 4. The number of nitrogens with one attached hydrogen (secondary N) is 3. The number of methoxy groups -OCH3 is 1. The van der Waals surface area contributed by atoms with E-state index >= 15 is 0 Å². The predicted octanol–water partition coefficient (Wildman–Crippen LogP) is 1.28. The second kappa shape index (κ2) is 15.7. The summed E-state index contributed by atoms with van der Waals surface area (Å²) in [6, 6.07) is 11.3. The normalized spacial score (nSPS) is 11.8. The molecule has 0 spiro atoms. The molecule has 0 bridgehead atoms. The van der Waals surface area contributed by atoms with Crippen LogP contribution >= 0.6 is 0 Å². The van der Waals surface area contributed by atoms with Crippen LogP contribution in [0, 0.1) is 13.8 Å². The van der Waals surface area contributed by atoms with E-state index in [0.717, 1.165) is 5.56 Å². The lowest BCUT2D eigenvalue weighted by Gasteiger charge is -2.16. The van der Waals surface area contributed by atoms with E-state index in [1.54, 1.807) is 26.0 Å². The van der Waals surface area contributed by atoms with E-state index in [0.29, 0.717) is 23.3 Å². The second-order valence-corrected chi connectivity index (χ2v) is 10.4. The Hall–Kier alpha value is -3.68. The third-order valence-corrected chi connectivity index (χ3v) is 7.17. The van der Waals surface area contributed by atoms with Crippen molar-refractivity contribution in [2.45, 2.75) is 44.2 Å². The largest absolute Gasteiger partial charge is 0.494 e. The molecule has 0 aliphatic heterocycles. The van der Waals surface area contributed by atoms with Crippen LogP contribution in [-0.4, -0.2) is 65.8 Å². The lowest BCUT2D eigenvalue weighted by molar-refractivity contribution is -0.141. The Labute approximate surface area is 228 Å². The third kappa shape index (κ3) is 10.9. The minimum absolute atomic E-state index is 0.0730. The Bertz CT molecular complexity index is 1200. The average molecular weight is 565 g/mol. The predicted molar refractivity (Wildman–Crippen MR) is 143 cm³/mol. The molecule has 12 nitrogen and oxygen atoms in total. The van der Waals surface area contributed by atoms with Gasteiger partial charge in [0.2, 0.25) is 15.9 Å². The molecule has 2 aromatic rings. The summed E-state index contributed by atoms with van der Waals surface area (Å²) in [5.41, 5.74) is 7.40. The van der Waals surface area contributed by atoms with Gasteiger partial charge in [0.15, 0.2) is 0 Å². The van der Waals surface area contributed by atoms with Crippen molar-refractivity contribution < 1.29 is 37.0 Å². The van der Waals surface area contributed by atoms with Crippen LogP contribution in [0.25, 0.3) is 0 Å². The van der Waals surface area contributed by atoms with Crippen LogP contribution < -0.4 is 25.8 Å². The lowest BCUT2D eigenvalue weighted by Crippen LogP contribution is -2.43. The van der Waals surface area contributed by atoms with Gasteiger partial charge < -0.3 is 30.6 Å². The van der Waals surface area contributed by atoms with Crippen molar-refractivity contribution in [3.8, 4) is 5.75 Å². The van der Waals surface area contributed by atoms with Crippen molar-refractivity contribution in [2.75, 3.05) is 33.4 Å². The first kappa shape index (κ1) is 31.5. The highest BCUT2D eigenvalue weighted by atomic mass is 32.2. The van der Waals surface area contributed by atoms with Crippen molar-refractivity contribution in [1.29, 1.82) is 0 Å². The molecule has 0 radical (unpaired) electrons. The van der Waals surface area contributed by atoms with E-state index < -0.39 is 28.1 Å². The highest BCUT2D eigenvalue weighted by Gasteiger charge is 2.23. The number of alkyl carbamates (subject to hydrolysis) is 1. The Morgan fingerprint density at radius 3 is 2.28 bits per heavy atom. The van der Waals surface area contributed by atoms with E-state index in [2.05, 4.69) is 20.1 Å². The molecule has 0 saturated heterocycles. The van der Waals surface area contributed by atoms with Crippen LogP contribution in [0.3, 0.4) is 0 Å². The number of carbonyl (C=O) groups excluding carboxylic acids is 3. The minimum atomic E-state index is -3.92. The molecule has 214 valence electrons. The molecule has 39 heavy (non-hydrogen) atoms. The maximum Gasteiger partial charge on any atom is 0.407 e. The van der Waals surface area contributed by atoms with E-state index in [1.807, 2.05) is 30.3 Å². The molecule has 0 fully saturated rings. The van der Waals surface area contributed by atoms with Gasteiger partial charge in [0.1, 0.15) is 18.4 Å². The molecule has 13 heteroatoms. The molecule has 0 heterocycles. The van der Waals surface area contributed by atoms with Crippen LogP contribution in [0.15, 0.2) is 47.4 Å². The zero-order valence-corrected chi connectivity index (χ0v) is 23.1. The number of benzene rings is 2. The van der Waals surface area contributed by atoms with Crippen LogP contribution in [0.4, 0.5) is 4.79 Å². The van der Waals surface area contributed by atoms with Crippen LogP contribution in [0.1, 0.15) is 29.5 Å². The lowest BCUT2D eigenvalue weighted by atomic mass is 10.1. The summed E-state index contributed by atoms with van der Waals surface area (Å²) >= 11 is 0. The molecule has 0 saturated carbocycles. The number of hydrogen-bond acceptors (Lipinski definition) is 9. The molecule has 1 unspecified atom stereocenters. The van der Waals surface area contributed by atoms with Crippen molar-refractivity contribution in [1.82, 2.24) is 15.4 Å². The van der Waals surface area contributed by atoms with Crippen molar-refractivity contribution in [2.24, 2.45) is 5.73 Å². The Kier molecular flexibility index (Phi) is 12.7. The topological polar surface area (TPSA) is 175 Å². The SMILES string of the molecule is COC(=O)C(N)CNS(=O)(=O)c1c(C)cc(OCCCC(=O)NCCNC(=O)OCc2ccccc2)cc1C. The first-order valence-corrected chi connectivity index (χ1v) is 13.8. The maximum absolute atomic E-state index is 12.7. The molecular weight excluding hydrogens is 528 g/mol. The molecule has 1 atom stereocenters. The van der Waals surface area contributed by atoms with E-state index in [9.17, 15) is 22.8 Å². The number of amides is 2. The summed E-state index contributed by atoms with van der Waals surface area (Å²) in [5, 5.41) is 5.28. The summed E-state index contributed by atoms with van der Waals surface area (Å²) in [5.74, 6) is -0.448. The summed E-state index contributed by atoms with van der Waals surface area (Å²) in [6.45, 7) is 3.86. The highest BCUT2D eigenvalue weighted by molar-refractivity contribution is 7.89. The standard InChI is InChI=1S/C26H36N4O8S/c1-18-14-21(15-19(2)24(18)39(34,35)30-16-22(27)25(32)36-3)37-13-7-10-23(31)28-11-12-29-26(33)38-17-20-8-5-4-6-9-20/h4-6,8-9,14-15,22,30H,7,10-13,16-17,27H2,1-3H3,(H,28,31)(H,29,33). The summed E-state index contributed by atoms with van der Waals surface area (Å²) < 4.78 is 43.1. The molecular formula is C26H36N4O8S. The van der Waals surface area contributed by atoms with Gasteiger partial charge in [-0.1, -0.05) is 30.3 Å². The quantitative estimate of drug-likeness (QED) is 0.183. The van der Waals surface area contributed by atoms with Gasteiger partial charge in [-0.25, -0.2) is 17.9 Å². The van der Waals surface area contributed by atoms with Crippen molar-refractivity contribution in [3.63, 3.8) is 0 Å². The van der Waals surface area contributed by atoms with Gasteiger partial charge in [-0.05, 0) is 49.1 Å². The number of nitrogens with two attached hydrogens (primary N) is 1. The molecule has 0 aliphatic rings. The first-order valence-electron chi connectivity index (χ1n) is 12.3. The van der Waals surface area contributed by atoms with Crippen LogP contribution in [-0.2, 0) is 35.7 Å². The van der Waals surface area contributed by atoms with Gasteiger partial charge in [0.05, 0.1) is 18.6 Å². The maximum atomic E-state index is 12.7. The summed E-state index contributed by atoms with van der Waals surface area (Å²) in [4.78, 5) is 35.2. The van der Waals surface area contributed by atoms with Crippen LogP contribution in [0.5, 0.6) is 5.75 Å². The van der Waals surface area contributed by atoms with E-state index in [4.69, 9.17) is 15.2 Å². The number of esters is 1. The second-order valence-electron chi connectivity index (χ2n) is 8.66. The molecule has 2 aromatic carbocycles. The fraction of sp³-hybridized carbons (Fsp3) is 0.423. The van der Waals surface area contributed by atoms with Gasteiger partial charge >= 0.3 is 12.1 Å². The van der Waals surface area contributed by atoms with Gasteiger partial charge in [-0.2, -0.15) is 0 Å². The van der Waals surface area contributed by atoms with Crippen molar-refractivity contribution in [3.05, 3.63) is 59.2 Å². The van der Waals surface area contributed by atoms with Gasteiger partial charge in [0.25, 0.3) is 0 Å².